The van der Waals surface area contributed by atoms with Gasteiger partial charge in [0.25, 0.3) is 0 Å². The van der Waals surface area contributed by atoms with Crippen LogP contribution < -0.4 is 0 Å². The van der Waals surface area contributed by atoms with E-state index in [0.717, 1.165) is 60.9 Å². The molecule has 0 amide bonds. The molecule has 0 aliphatic heterocycles. The van der Waals surface area contributed by atoms with Crippen molar-refractivity contribution in [2.45, 2.75) is 26.2 Å². The maximum absolute atomic E-state index is 6.94. The Morgan fingerprint density at radius 3 is 1.87 bits per heavy atom. The van der Waals surface area contributed by atoms with Gasteiger partial charge in [0.15, 0.2) is 23.1 Å². The summed E-state index contributed by atoms with van der Waals surface area (Å²) >= 11 is 0. The molecular weight excluding hydrogens is 661 g/mol. The number of benzene rings is 7. The minimum Gasteiger partial charge on any atom is -0.454 e. The summed E-state index contributed by atoms with van der Waals surface area (Å²) in [6.07, 6.45) is 0. The lowest BCUT2D eigenvalue weighted by molar-refractivity contribution is 0.660. The summed E-state index contributed by atoms with van der Waals surface area (Å²) in [4.78, 5) is 15.4. The fourth-order valence-electron chi connectivity index (χ4n) is 8.90. The maximum Gasteiger partial charge on any atom is 0.165 e. The van der Waals surface area contributed by atoms with E-state index in [-0.39, 0.29) is 5.41 Å². The van der Waals surface area contributed by atoms with Crippen LogP contribution in [0.1, 0.15) is 30.5 Å². The van der Waals surface area contributed by atoms with Crippen LogP contribution in [0, 0.1) is 6.92 Å². The molecule has 0 N–H and O–H groups in total. The Morgan fingerprint density at radius 2 is 1.13 bits per heavy atom. The Hall–Kier alpha value is -6.85. The predicted octanol–water partition coefficient (Wildman–Crippen LogP) is 12.5. The smallest absolute Gasteiger partial charge is 0.165 e. The third kappa shape index (κ3) is 4.29. The van der Waals surface area contributed by atoms with Gasteiger partial charge in [-0.3, -0.25) is 0 Å². The van der Waals surface area contributed by atoms with E-state index < -0.39 is 0 Å². The number of para-hydroxylation sites is 2. The molecule has 256 valence electrons. The van der Waals surface area contributed by atoms with Crippen molar-refractivity contribution >= 4 is 43.7 Å². The largest absolute Gasteiger partial charge is 0.454 e. The van der Waals surface area contributed by atoms with Gasteiger partial charge in [0.05, 0.1) is 16.7 Å². The highest BCUT2D eigenvalue weighted by atomic mass is 16.3. The number of aromatic nitrogens is 4. The molecule has 0 saturated heterocycles. The summed E-state index contributed by atoms with van der Waals surface area (Å²) < 4.78 is 9.34. The molecule has 0 saturated carbocycles. The van der Waals surface area contributed by atoms with Crippen LogP contribution in [0.5, 0.6) is 0 Å². The van der Waals surface area contributed by atoms with Gasteiger partial charge in [0.1, 0.15) is 5.58 Å². The third-order valence-corrected chi connectivity index (χ3v) is 11.4. The molecule has 1 aliphatic rings. The quantitative estimate of drug-likeness (QED) is 0.184. The van der Waals surface area contributed by atoms with Crippen LogP contribution in [-0.4, -0.2) is 19.5 Å². The van der Waals surface area contributed by atoms with E-state index in [2.05, 4.69) is 104 Å². The molecule has 10 aromatic rings. The van der Waals surface area contributed by atoms with Crippen molar-refractivity contribution in [2.24, 2.45) is 0 Å². The molecule has 0 bridgehead atoms. The van der Waals surface area contributed by atoms with Gasteiger partial charge in [-0.05, 0) is 59.0 Å². The lowest BCUT2D eigenvalue weighted by Gasteiger charge is -2.21. The molecule has 0 spiro atoms. The molecule has 54 heavy (non-hydrogen) atoms. The van der Waals surface area contributed by atoms with Crippen molar-refractivity contribution in [3.05, 3.63) is 168 Å². The van der Waals surface area contributed by atoms with Gasteiger partial charge in [-0.15, -0.1) is 0 Å². The number of nitrogens with zero attached hydrogens (tertiary/aromatic N) is 4. The van der Waals surface area contributed by atoms with Crippen molar-refractivity contribution in [3.8, 4) is 51.0 Å². The van der Waals surface area contributed by atoms with E-state index in [1.165, 1.54) is 33.0 Å². The highest BCUT2D eigenvalue weighted by Gasteiger charge is 2.37. The van der Waals surface area contributed by atoms with Crippen LogP contribution in [-0.2, 0) is 5.41 Å². The lowest BCUT2D eigenvalue weighted by atomic mass is 9.82. The summed E-state index contributed by atoms with van der Waals surface area (Å²) in [5, 5.41) is 4.50. The zero-order valence-corrected chi connectivity index (χ0v) is 30.1. The van der Waals surface area contributed by atoms with Gasteiger partial charge >= 0.3 is 0 Å². The first-order chi connectivity index (χ1) is 26.5. The summed E-state index contributed by atoms with van der Waals surface area (Å²) in [6, 6.07) is 53.2. The number of rotatable bonds is 4. The Kier molecular flexibility index (Phi) is 6.45. The number of furan rings is 1. The molecule has 3 heterocycles. The van der Waals surface area contributed by atoms with Crippen molar-refractivity contribution in [2.75, 3.05) is 0 Å². The van der Waals surface area contributed by atoms with E-state index in [4.69, 9.17) is 19.4 Å². The second-order valence-electron chi connectivity index (χ2n) is 14.8. The molecule has 0 radical (unpaired) electrons. The van der Waals surface area contributed by atoms with Crippen molar-refractivity contribution in [1.82, 2.24) is 19.5 Å². The molecule has 5 heteroatoms. The zero-order valence-electron chi connectivity index (χ0n) is 30.1. The van der Waals surface area contributed by atoms with E-state index in [1.54, 1.807) is 0 Å². The highest BCUT2D eigenvalue weighted by molar-refractivity contribution is 6.20. The van der Waals surface area contributed by atoms with Gasteiger partial charge in [0, 0.05) is 43.7 Å². The number of fused-ring (bicyclic) bond motifs is 10. The maximum atomic E-state index is 6.94. The van der Waals surface area contributed by atoms with Crippen LogP contribution in [0.2, 0.25) is 0 Å². The topological polar surface area (TPSA) is 56.7 Å². The molecule has 0 unspecified atom stereocenters. The predicted molar refractivity (Wildman–Crippen MR) is 220 cm³/mol. The summed E-state index contributed by atoms with van der Waals surface area (Å²) in [5.74, 6) is 1.87. The fourth-order valence-corrected chi connectivity index (χ4v) is 8.90. The first kappa shape index (κ1) is 30.7. The molecular formula is C49H34N4O. The van der Waals surface area contributed by atoms with Crippen molar-refractivity contribution in [1.29, 1.82) is 0 Å². The molecule has 1 aliphatic carbocycles. The molecule has 11 rings (SSSR count). The zero-order chi connectivity index (χ0) is 36.1. The molecule has 7 aromatic carbocycles. The number of hydrogen-bond acceptors (Lipinski definition) is 4. The van der Waals surface area contributed by atoms with Gasteiger partial charge in [0.2, 0.25) is 0 Å². The van der Waals surface area contributed by atoms with Crippen LogP contribution in [0.25, 0.3) is 94.7 Å². The average molecular weight is 695 g/mol. The third-order valence-electron chi connectivity index (χ3n) is 11.4. The number of hydrogen-bond donors (Lipinski definition) is 0. The highest BCUT2D eigenvalue weighted by Crippen LogP contribution is 2.53. The second kappa shape index (κ2) is 11.3. The van der Waals surface area contributed by atoms with Gasteiger partial charge in [-0.2, -0.15) is 0 Å². The van der Waals surface area contributed by atoms with Crippen molar-refractivity contribution < 1.29 is 4.42 Å². The molecule has 0 fully saturated rings. The first-order valence-corrected chi connectivity index (χ1v) is 18.5. The Bertz CT molecular complexity index is 3080. The lowest BCUT2D eigenvalue weighted by Crippen LogP contribution is -2.14. The number of aryl methyl sites for hydroxylation is 1. The van der Waals surface area contributed by atoms with Crippen LogP contribution >= 0.6 is 0 Å². The van der Waals surface area contributed by atoms with Gasteiger partial charge in [-0.1, -0.05) is 141 Å². The minimum atomic E-state index is -0.102. The van der Waals surface area contributed by atoms with E-state index >= 15 is 0 Å². The van der Waals surface area contributed by atoms with Crippen LogP contribution in [0.15, 0.2) is 156 Å². The standard InChI is InChI=1S/C49H34N4O/c1-29-28-39(53-37-24-14-11-21-33(37)43-38(53)27-26-36-42(43)32-20-10-13-23-35(32)49(36,2)3)45-44(34-22-12-15-25-40(34)54-45)41(29)48-51-46(30-16-6-4-7-17-30)50-47(52-48)31-18-8-5-9-19-31/h4-28H,1-3H3. The SMILES string of the molecule is Cc1cc(-n2c3ccccc3c3c4c(ccc32)C(C)(C)c2ccccc2-4)c2oc3ccccc3c2c1-c1nc(-c2ccccc2)nc(-c2ccccc2)n1. The second-order valence-corrected chi connectivity index (χ2v) is 14.8. The molecule has 5 nitrogen and oxygen atoms in total. The van der Waals surface area contributed by atoms with Gasteiger partial charge in [-0.25, -0.2) is 15.0 Å². The van der Waals surface area contributed by atoms with E-state index in [0.29, 0.717) is 17.5 Å². The Labute approximate surface area is 312 Å². The molecule has 0 atom stereocenters. The average Bonchev–Trinajstić information content (AvgIpc) is 3.84. The normalized spacial score (nSPS) is 13.2. The van der Waals surface area contributed by atoms with Crippen LogP contribution in [0.4, 0.5) is 0 Å². The van der Waals surface area contributed by atoms with Crippen LogP contribution in [0.3, 0.4) is 0 Å². The van der Waals surface area contributed by atoms with Gasteiger partial charge < -0.3 is 8.98 Å². The first-order valence-electron chi connectivity index (χ1n) is 18.5. The Morgan fingerprint density at radius 1 is 0.519 bits per heavy atom. The van der Waals surface area contributed by atoms with E-state index in [1.807, 2.05) is 72.8 Å². The Balaban J connectivity index is 1.24. The summed E-state index contributed by atoms with van der Waals surface area (Å²) in [6.45, 7) is 6.85. The summed E-state index contributed by atoms with van der Waals surface area (Å²) in [5.41, 5.74) is 14.0. The monoisotopic (exact) mass is 694 g/mol. The molecule has 3 aromatic heterocycles. The summed E-state index contributed by atoms with van der Waals surface area (Å²) in [7, 11) is 0. The minimum absolute atomic E-state index is 0.102. The fraction of sp³-hybridized carbons (Fsp3) is 0.0816. The van der Waals surface area contributed by atoms with E-state index in [9.17, 15) is 0 Å². The van der Waals surface area contributed by atoms with Crippen molar-refractivity contribution in [3.63, 3.8) is 0 Å².